The number of aromatic nitrogens is 2. The Morgan fingerprint density at radius 2 is 1.18 bits per heavy atom. The highest BCUT2D eigenvalue weighted by molar-refractivity contribution is 6.36. The molecule has 0 unspecified atom stereocenters. The van der Waals surface area contributed by atoms with Crippen molar-refractivity contribution in [1.82, 2.24) is 9.97 Å². The maximum Gasteiger partial charge on any atom is 0.311 e. The van der Waals surface area contributed by atoms with Crippen molar-refractivity contribution in [1.29, 1.82) is 0 Å². The molecule has 13 heteroatoms. The van der Waals surface area contributed by atoms with E-state index in [1.807, 2.05) is 44.2 Å². The fraction of sp³-hybridized carbons (Fsp3) is 0.250. The lowest BCUT2D eigenvalue weighted by atomic mass is 9.85. The molecule has 0 fully saturated rings. The van der Waals surface area contributed by atoms with Gasteiger partial charge in [-0.05, 0) is 115 Å². The highest BCUT2D eigenvalue weighted by atomic mass is 35.5. The zero-order chi connectivity index (χ0) is 43.7. The first-order chi connectivity index (χ1) is 29.3. The van der Waals surface area contributed by atoms with Gasteiger partial charge in [-0.15, -0.1) is 0 Å². The van der Waals surface area contributed by atoms with Crippen molar-refractivity contribution in [3.05, 3.63) is 169 Å². The fourth-order valence-electron chi connectivity index (χ4n) is 6.62. The molecule has 6 rings (SSSR count). The largest absolute Gasteiger partial charge is 0.488 e. The molecule has 0 radical (unpaired) electrons. The molecule has 0 aliphatic carbocycles. The Labute approximate surface area is 370 Å². The standard InChI is InChI=1S/C48H44Cl3N3O7/c1-29-14-32(21-53-20-29)24-59-45-19-46(42(51)17-41(45)50)61-27-36-9-7-11-39(31(36)3)38-10-6-8-35(30(38)2)26-60-44-18-43(58-25-33-15-37(52-5)23-54-22-33)34(16-40(44)49)12-13-48(4,28-55)47(56)57/h6-11,14-23,55H,12-13,24-28H2,1-4H3,(H,56,57)/t48-/m0/s1. The van der Waals surface area contributed by atoms with Crippen molar-refractivity contribution in [2.45, 2.75) is 67.0 Å². The number of carbonyl (C=O) groups is 1. The van der Waals surface area contributed by atoms with E-state index in [2.05, 4.69) is 33.9 Å². The third-order valence-electron chi connectivity index (χ3n) is 10.5. The summed E-state index contributed by atoms with van der Waals surface area (Å²) in [4.78, 5) is 23.7. The van der Waals surface area contributed by atoms with Crippen LogP contribution < -0.4 is 18.9 Å². The van der Waals surface area contributed by atoms with Crippen LogP contribution in [0.2, 0.25) is 15.1 Å². The van der Waals surface area contributed by atoms with Gasteiger partial charge in [-0.25, -0.2) is 4.85 Å². The number of carboxylic acid groups (broad SMARTS) is 1. The van der Waals surface area contributed by atoms with Crippen molar-refractivity contribution in [2.24, 2.45) is 5.41 Å². The van der Waals surface area contributed by atoms with Crippen molar-refractivity contribution >= 4 is 46.5 Å². The van der Waals surface area contributed by atoms with Gasteiger partial charge in [0, 0.05) is 42.5 Å². The fourth-order valence-corrected chi connectivity index (χ4v) is 7.35. The second kappa shape index (κ2) is 20.2. The molecule has 0 bridgehead atoms. The zero-order valence-corrected chi connectivity index (χ0v) is 36.4. The maximum absolute atomic E-state index is 11.9. The minimum atomic E-state index is -1.36. The summed E-state index contributed by atoms with van der Waals surface area (Å²) in [6.45, 7) is 15.2. The van der Waals surface area contributed by atoms with E-state index in [4.69, 9.17) is 60.3 Å². The number of hydrogen-bond donors (Lipinski definition) is 2. The Bertz CT molecular complexity index is 2600. The molecule has 4 aromatic carbocycles. The Kier molecular flexibility index (Phi) is 14.8. The first-order valence-corrected chi connectivity index (χ1v) is 20.5. The second-order valence-electron chi connectivity index (χ2n) is 15.0. The average Bonchev–Trinajstić information content (AvgIpc) is 3.25. The van der Waals surface area contributed by atoms with Gasteiger partial charge in [-0.2, -0.15) is 0 Å². The summed E-state index contributed by atoms with van der Waals surface area (Å²) in [7, 11) is 0. The van der Waals surface area contributed by atoms with Gasteiger partial charge in [0.25, 0.3) is 0 Å². The highest BCUT2D eigenvalue weighted by Crippen LogP contribution is 2.39. The van der Waals surface area contributed by atoms with Gasteiger partial charge in [0.05, 0.1) is 33.7 Å². The first-order valence-electron chi connectivity index (χ1n) is 19.3. The van der Waals surface area contributed by atoms with E-state index in [0.29, 0.717) is 54.9 Å². The predicted octanol–water partition coefficient (Wildman–Crippen LogP) is 11.9. The van der Waals surface area contributed by atoms with E-state index in [1.165, 1.54) is 13.1 Å². The van der Waals surface area contributed by atoms with E-state index < -0.39 is 18.0 Å². The Hall–Kier alpha value is -5.83. The van der Waals surface area contributed by atoms with Crippen LogP contribution in [0.1, 0.15) is 57.9 Å². The zero-order valence-electron chi connectivity index (χ0n) is 34.1. The number of aryl methyl sites for hydroxylation is 2. The lowest BCUT2D eigenvalue weighted by Crippen LogP contribution is -2.32. The summed E-state index contributed by atoms with van der Waals surface area (Å²) in [6, 6.07) is 22.5. The molecule has 0 amide bonds. The Morgan fingerprint density at radius 1 is 0.672 bits per heavy atom. The summed E-state index contributed by atoms with van der Waals surface area (Å²) in [5.74, 6) is 0.596. The van der Waals surface area contributed by atoms with Crippen LogP contribution in [0.25, 0.3) is 16.0 Å². The van der Waals surface area contributed by atoms with Gasteiger partial charge in [-0.3, -0.25) is 14.8 Å². The number of aliphatic hydroxyl groups is 1. The number of pyridine rings is 2. The third-order valence-corrected chi connectivity index (χ3v) is 11.4. The summed E-state index contributed by atoms with van der Waals surface area (Å²) in [6.07, 6.45) is 7.02. The maximum atomic E-state index is 11.9. The molecule has 61 heavy (non-hydrogen) atoms. The number of rotatable bonds is 18. The van der Waals surface area contributed by atoms with Gasteiger partial charge in [0.2, 0.25) is 5.69 Å². The van der Waals surface area contributed by atoms with Crippen LogP contribution in [0, 0.1) is 32.8 Å². The van der Waals surface area contributed by atoms with Crippen molar-refractivity contribution < 1.29 is 34.0 Å². The molecular weight excluding hydrogens is 837 g/mol. The molecule has 2 N–H and O–H groups in total. The molecule has 314 valence electrons. The Balaban J connectivity index is 1.19. The lowest BCUT2D eigenvalue weighted by Gasteiger charge is -2.23. The smallest absolute Gasteiger partial charge is 0.311 e. The number of hydrogen-bond acceptors (Lipinski definition) is 8. The van der Waals surface area contributed by atoms with E-state index in [0.717, 1.165) is 44.5 Å². The van der Waals surface area contributed by atoms with E-state index in [-0.39, 0.29) is 39.3 Å². The second-order valence-corrected chi connectivity index (χ2v) is 16.2. The molecule has 2 heterocycles. The Morgan fingerprint density at radius 3 is 1.72 bits per heavy atom. The van der Waals surface area contributed by atoms with Gasteiger partial charge >= 0.3 is 5.97 Å². The van der Waals surface area contributed by atoms with Crippen LogP contribution in [0.4, 0.5) is 5.69 Å². The minimum Gasteiger partial charge on any atom is -0.488 e. The molecule has 6 aromatic rings. The molecule has 2 aromatic heterocycles. The number of halogens is 3. The van der Waals surface area contributed by atoms with E-state index in [1.54, 1.807) is 48.9 Å². The highest BCUT2D eigenvalue weighted by Gasteiger charge is 2.32. The number of ether oxygens (including phenoxy) is 4. The molecule has 0 saturated carbocycles. The SMILES string of the molecule is [C-]#[N+]c1cncc(COc2cc(OCc3cccc(-c4cccc(COc5cc(OCc6cncc(C)c6)c(Cl)cc5Cl)c4C)c3C)c(Cl)cc2CC[C@@](C)(CO)C(=O)O)c1. The van der Waals surface area contributed by atoms with Gasteiger partial charge < -0.3 is 29.2 Å². The van der Waals surface area contributed by atoms with Gasteiger partial charge in [-0.1, -0.05) is 71.2 Å². The van der Waals surface area contributed by atoms with Crippen LogP contribution in [-0.2, 0) is 37.6 Å². The number of carboxylic acids is 1. The summed E-state index contributed by atoms with van der Waals surface area (Å²) >= 11 is 19.8. The van der Waals surface area contributed by atoms with Gasteiger partial charge in [0.1, 0.15) is 49.4 Å². The number of benzene rings is 4. The molecule has 0 spiro atoms. The predicted molar refractivity (Wildman–Crippen MR) is 237 cm³/mol. The van der Waals surface area contributed by atoms with Crippen LogP contribution in [0.15, 0.2) is 97.6 Å². The molecule has 0 saturated heterocycles. The first kappa shape index (κ1) is 44.7. The minimum absolute atomic E-state index is 0.0973. The van der Waals surface area contributed by atoms with Crippen LogP contribution in [0.3, 0.4) is 0 Å². The topological polar surface area (TPSA) is 125 Å². The molecule has 0 aliphatic rings. The van der Waals surface area contributed by atoms with Gasteiger partial charge in [0.15, 0.2) is 0 Å². The van der Waals surface area contributed by atoms with E-state index >= 15 is 0 Å². The third kappa shape index (κ3) is 11.1. The molecule has 0 aliphatic heterocycles. The number of aliphatic carboxylic acids is 1. The quantitative estimate of drug-likeness (QED) is 0.0812. The summed E-state index contributed by atoms with van der Waals surface area (Å²) in [5, 5.41) is 20.7. The number of nitrogens with zero attached hydrogens (tertiary/aromatic N) is 3. The lowest BCUT2D eigenvalue weighted by molar-refractivity contribution is -0.150. The molecular formula is C48H44Cl3N3O7. The molecule has 1 atom stereocenters. The van der Waals surface area contributed by atoms with Crippen LogP contribution in [-0.4, -0.2) is 32.8 Å². The monoisotopic (exact) mass is 879 g/mol. The average molecular weight is 881 g/mol. The summed E-state index contributed by atoms with van der Waals surface area (Å²) < 4.78 is 24.8. The van der Waals surface area contributed by atoms with Crippen molar-refractivity contribution in [3.63, 3.8) is 0 Å². The summed E-state index contributed by atoms with van der Waals surface area (Å²) in [5.41, 5.74) is 8.31. The molecule has 10 nitrogen and oxygen atoms in total. The van der Waals surface area contributed by atoms with E-state index in [9.17, 15) is 15.0 Å². The number of aliphatic hydroxyl groups excluding tert-OH is 1. The van der Waals surface area contributed by atoms with Crippen LogP contribution >= 0.6 is 34.8 Å². The van der Waals surface area contributed by atoms with Crippen molar-refractivity contribution in [2.75, 3.05) is 6.61 Å². The normalized spacial score (nSPS) is 12.0. The van der Waals surface area contributed by atoms with Crippen LogP contribution in [0.5, 0.6) is 23.0 Å². The van der Waals surface area contributed by atoms with Crippen molar-refractivity contribution in [3.8, 4) is 34.1 Å².